The minimum atomic E-state index is -3.76. The number of nitrogens with zero attached hydrogens (tertiary/aromatic N) is 2. The summed E-state index contributed by atoms with van der Waals surface area (Å²) in [5, 5.41) is 12.3. The summed E-state index contributed by atoms with van der Waals surface area (Å²) in [5.74, 6) is -0.195. The highest BCUT2D eigenvalue weighted by atomic mass is 32.2. The number of hydrogen-bond donors (Lipinski definition) is 3. The molecule has 1 aliphatic rings. The Bertz CT molecular complexity index is 1080. The summed E-state index contributed by atoms with van der Waals surface area (Å²) in [7, 11) is -3.76. The maximum atomic E-state index is 12.7. The van der Waals surface area contributed by atoms with Gasteiger partial charge in [0.2, 0.25) is 10.0 Å². The molecule has 0 radical (unpaired) electrons. The zero-order valence-corrected chi connectivity index (χ0v) is 16.9. The molecule has 10 heteroatoms. The first-order chi connectivity index (χ1) is 13.2. The average molecular weight is 418 g/mol. The van der Waals surface area contributed by atoms with E-state index < -0.39 is 10.0 Å². The molecule has 2 aromatic carbocycles. The standard InChI is InChI=1S/C18H19N5O3S2/c1-3-23-16-11(2)5-4-6-14(16)15(17(23)24)21-22-18(27)20-12-7-9-13(10-8-12)28(19,25)26/h4-10H,3H2,1-2H3,(H2,19,25,26)(H2,20,22,27). The number of sulfonamides is 1. The van der Waals surface area contributed by atoms with Gasteiger partial charge in [0.25, 0.3) is 5.91 Å². The highest BCUT2D eigenvalue weighted by Crippen LogP contribution is 2.32. The lowest BCUT2D eigenvalue weighted by Gasteiger charge is -2.15. The summed E-state index contributed by atoms with van der Waals surface area (Å²) in [6.07, 6.45) is 0. The Balaban J connectivity index is 1.76. The Kier molecular flexibility index (Phi) is 5.45. The normalized spacial score (nSPS) is 14.9. The lowest BCUT2D eigenvalue weighted by molar-refractivity contribution is -0.112. The van der Waals surface area contributed by atoms with Gasteiger partial charge in [0, 0.05) is 17.8 Å². The Morgan fingerprint density at radius 1 is 1.21 bits per heavy atom. The number of hydrazone groups is 1. The number of hydrogen-bond acceptors (Lipinski definition) is 5. The number of carbonyl (C=O) groups excluding carboxylic acids is 1. The van der Waals surface area contributed by atoms with Gasteiger partial charge in [-0.2, -0.15) is 5.10 Å². The van der Waals surface area contributed by atoms with E-state index in [2.05, 4.69) is 15.8 Å². The number of carbonyl (C=O) groups is 1. The fourth-order valence-corrected chi connectivity index (χ4v) is 3.64. The van der Waals surface area contributed by atoms with Crippen molar-refractivity contribution in [3.05, 3.63) is 53.6 Å². The van der Waals surface area contributed by atoms with Crippen LogP contribution in [0.2, 0.25) is 0 Å². The Labute approximate surface area is 168 Å². The molecule has 0 unspecified atom stereocenters. The molecule has 1 heterocycles. The lowest BCUT2D eigenvalue weighted by Crippen LogP contribution is -2.32. The van der Waals surface area contributed by atoms with Gasteiger partial charge in [-0.05, 0) is 55.9 Å². The van der Waals surface area contributed by atoms with E-state index >= 15 is 0 Å². The number of rotatable bonds is 4. The fraction of sp³-hybridized carbons (Fsp3) is 0.167. The third-order valence-electron chi connectivity index (χ3n) is 4.24. The number of anilines is 2. The van der Waals surface area contributed by atoms with Crippen LogP contribution in [0.5, 0.6) is 0 Å². The zero-order chi connectivity index (χ0) is 20.5. The number of thiocarbonyl (C=S) groups is 1. The molecule has 2 aromatic rings. The number of fused-ring (bicyclic) bond motifs is 1. The molecule has 8 nitrogen and oxygen atoms in total. The monoisotopic (exact) mass is 417 g/mol. The summed E-state index contributed by atoms with van der Waals surface area (Å²) >= 11 is 5.20. The maximum absolute atomic E-state index is 12.7. The van der Waals surface area contributed by atoms with E-state index in [0.29, 0.717) is 12.2 Å². The number of para-hydroxylation sites is 1. The first-order valence-electron chi connectivity index (χ1n) is 8.41. The largest absolute Gasteiger partial charge is 0.331 e. The second-order valence-corrected chi connectivity index (χ2v) is 8.09. The highest BCUT2D eigenvalue weighted by Gasteiger charge is 2.34. The average Bonchev–Trinajstić information content (AvgIpc) is 2.92. The van der Waals surface area contributed by atoms with Crippen molar-refractivity contribution in [2.24, 2.45) is 10.2 Å². The first-order valence-corrected chi connectivity index (χ1v) is 10.4. The SMILES string of the molecule is CCN1C(=O)C(=NNC(=S)Nc2ccc(S(N)(=O)=O)cc2)c2cccc(C)c21. The van der Waals surface area contributed by atoms with Crippen LogP contribution >= 0.6 is 12.2 Å². The summed E-state index contributed by atoms with van der Waals surface area (Å²) in [6, 6.07) is 11.5. The second-order valence-electron chi connectivity index (χ2n) is 6.12. The molecule has 0 saturated heterocycles. The van der Waals surface area contributed by atoms with Crippen molar-refractivity contribution < 1.29 is 13.2 Å². The molecule has 1 amide bonds. The van der Waals surface area contributed by atoms with E-state index in [1.807, 2.05) is 32.0 Å². The smallest absolute Gasteiger partial charge is 0.279 e. The van der Waals surface area contributed by atoms with Gasteiger partial charge in [-0.3, -0.25) is 10.2 Å². The highest BCUT2D eigenvalue weighted by molar-refractivity contribution is 7.89. The van der Waals surface area contributed by atoms with Crippen LogP contribution in [-0.2, 0) is 14.8 Å². The van der Waals surface area contributed by atoms with Crippen molar-refractivity contribution in [3.63, 3.8) is 0 Å². The molecule has 0 aliphatic carbocycles. The molecule has 28 heavy (non-hydrogen) atoms. The summed E-state index contributed by atoms with van der Waals surface area (Å²) < 4.78 is 22.6. The number of nitrogens with one attached hydrogen (secondary N) is 2. The van der Waals surface area contributed by atoms with Crippen LogP contribution in [0.25, 0.3) is 0 Å². The second kappa shape index (κ2) is 7.66. The van der Waals surface area contributed by atoms with Crippen molar-refractivity contribution >= 4 is 50.3 Å². The van der Waals surface area contributed by atoms with Gasteiger partial charge < -0.3 is 10.2 Å². The molecule has 0 bridgehead atoms. The molecule has 0 aromatic heterocycles. The van der Waals surface area contributed by atoms with E-state index in [1.165, 1.54) is 24.3 Å². The van der Waals surface area contributed by atoms with Crippen molar-refractivity contribution in [2.45, 2.75) is 18.7 Å². The van der Waals surface area contributed by atoms with E-state index in [0.717, 1.165) is 16.8 Å². The Hall–Kier alpha value is -2.82. The molecule has 0 spiro atoms. The van der Waals surface area contributed by atoms with Gasteiger partial charge in [-0.1, -0.05) is 18.2 Å². The van der Waals surface area contributed by atoms with Gasteiger partial charge in [-0.15, -0.1) is 0 Å². The van der Waals surface area contributed by atoms with E-state index in [1.54, 1.807) is 4.90 Å². The van der Waals surface area contributed by atoms with Crippen molar-refractivity contribution in [1.82, 2.24) is 5.43 Å². The van der Waals surface area contributed by atoms with Crippen LogP contribution in [0, 0.1) is 6.92 Å². The van der Waals surface area contributed by atoms with Crippen molar-refractivity contribution in [2.75, 3.05) is 16.8 Å². The number of aryl methyl sites for hydroxylation is 1. The van der Waals surface area contributed by atoms with Gasteiger partial charge in [-0.25, -0.2) is 13.6 Å². The van der Waals surface area contributed by atoms with Crippen LogP contribution in [0.15, 0.2) is 52.5 Å². The summed E-state index contributed by atoms with van der Waals surface area (Å²) in [6.45, 7) is 4.39. The molecule has 1 aliphatic heterocycles. The first kappa shape index (κ1) is 19.9. The number of likely N-dealkylation sites (N-methyl/N-ethyl adjacent to an activating group) is 1. The van der Waals surface area contributed by atoms with Crippen LogP contribution in [0.4, 0.5) is 11.4 Å². The molecule has 0 fully saturated rings. The molecule has 0 atom stereocenters. The predicted octanol–water partition coefficient (Wildman–Crippen LogP) is 1.70. The Morgan fingerprint density at radius 2 is 1.89 bits per heavy atom. The van der Waals surface area contributed by atoms with E-state index in [9.17, 15) is 13.2 Å². The molecular weight excluding hydrogens is 398 g/mol. The van der Waals surface area contributed by atoms with E-state index in [-0.39, 0.29) is 21.6 Å². The molecular formula is C18H19N5O3S2. The molecule has 4 N–H and O–H groups in total. The summed E-state index contributed by atoms with van der Waals surface area (Å²) in [4.78, 5) is 14.3. The van der Waals surface area contributed by atoms with Crippen LogP contribution in [0.1, 0.15) is 18.1 Å². The van der Waals surface area contributed by atoms with E-state index in [4.69, 9.17) is 17.4 Å². The summed E-state index contributed by atoms with van der Waals surface area (Å²) in [5.41, 5.74) is 6.11. The molecule has 146 valence electrons. The van der Waals surface area contributed by atoms with Crippen molar-refractivity contribution in [1.29, 1.82) is 0 Å². The number of primary sulfonamides is 1. The number of benzene rings is 2. The number of nitrogens with two attached hydrogens (primary N) is 1. The van der Waals surface area contributed by atoms with Crippen LogP contribution in [0.3, 0.4) is 0 Å². The quantitative estimate of drug-likeness (QED) is 0.515. The molecule has 0 saturated carbocycles. The van der Waals surface area contributed by atoms with Crippen molar-refractivity contribution in [3.8, 4) is 0 Å². The van der Waals surface area contributed by atoms with Gasteiger partial charge >= 0.3 is 0 Å². The van der Waals surface area contributed by atoms with Crippen LogP contribution in [-0.4, -0.2) is 31.7 Å². The van der Waals surface area contributed by atoms with Gasteiger partial charge in [0.05, 0.1) is 10.6 Å². The minimum Gasteiger partial charge on any atom is -0.331 e. The minimum absolute atomic E-state index is 0.000330. The number of amides is 1. The maximum Gasteiger partial charge on any atom is 0.279 e. The third-order valence-corrected chi connectivity index (χ3v) is 5.36. The molecule has 3 rings (SSSR count). The Morgan fingerprint density at radius 3 is 2.50 bits per heavy atom. The van der Waals surface area contributed by atoms with Gasteiger partial charge in [0.1, 0.15) is 0 Å². The fourth-order valence-electron chi connectivity index (χ4n) is 2.96. The van der Waals surface area contributed by atoms with Crippen LogP contribution < -0.4 is 20.8 Å². The zero-order valence-electron chi connectivity index (χ0n) is 15.3. The van der Waals surface area contributed by atoms with Gasteiger partial charge in [0.15, 0.2) is 10.8 Å². The topological polar surface area (TPSA) is 117 Å². The predicted molar refractivity (Wildman–Crippen MR) is 113 cm³/mol. The lowest BCUT2D eigenvalue weighted by atomic mass is 10.1. The third kappa shape index (κ3) is 3.88.